The summed E-state index contributed by atoms with van der Waals surface area (Å²) in [5.74, 6) is 1.50. The van der Waals surface area contributed by atoms with Crippen LogP contribution in [0.2, 0.25) is 0 Å². The van der Waals surface area contributed by atoms with E-state index in [1.165, 1.54) is 0 Å². The van der Waals surface area contributed by atoms with E-state index in [2.05, 4.69) is 10.3 Å². The molecule has 1 N–H and O–H groups in total. The molecule has 0 saturated heterocycles. The van der Waals surface area contributed by atoms with Crippen LogP contribution in [0.5, 0.6) is 5.88 Å². The fourth-order valence-electron chi connectivity index (χ4n) is 1.28. The predicted molar refractivity (Wildman–Crippen MR) is 48.9 cm³/mol. The minimum atomic E-state index is 0.624. The van der Waals surface area contributed by atoms with Gasteiger partial charge < -0.3 is 14.8 Å². The summed E-state index contributed by atoms with van der Waals surface area (Å²) in [6.45, 7) is 2.14. The molecule has 0 spiro atoms. The van der Waals surface area contributed by atoms with Gasteiger partial charge >= 0.3 is 0 Å². The molecule has 0 aliphatic carbocycles. The van der Waals surface area contributed by atoms with Crippen LogP contribution < -0.4 is 10.1 Å². The Hall–Kier alpha value is -1.29. The van der Waals surface area contributed by atoms with E-state index in [9.17, 15) is 0 Å². The summed E-state index contributed by atoms with van der Waals surface area (Å²) in [5.41, 5.74) is 1.08. The lowest BCUT2D eigenvalue weighted by Gasteiger charge is -2.06. The van der Waals surface area contributed by atoms with E-state index in [1.807, 2.05) is 12.1 Å². The van der Waals surface area contributed by atoms with E-state index in [4.69, 9.17) is 9.47 Å². The van der Waals surface area contributed by atoms with Crippen LogP contribution in [0, 0.1) is 0 Å². The zero-order chi connectivity index (χ0) is 9.10. The van der Waals surface area contributed by atoms with Crippen molar-refractivity contribution < 1.29 is 9.47 Å². The van der Waals surface area contributed by atoms with Gasteiger partial charge in [-0.3, -0.25) is 0 Å². The maximum absolute atomic E-state index is 5.35. The Morgan fingerprint density at radius 1 is 1.54 bits per heavy atom. The molecule has 1 aromatic rings. The van der Waals surface area contributed by atoms with Gasteiger partial charge in [0, 0.05) is 18.2 Å². The molecule has 0 aromatic carbocycles. The van der Waals surface area contributed by atoms with Crippen LogP contribution in [0.25, 0.3) is 0 Å². The number of ether oxygens (including phenoxy) is 2. The lowest BCUT2D eigenvalue weighted by Crippen LogP contribution is -2.06. The van der Waals surface area contributed by atoms with Gasteiger partial charge in [0.15, 0.2) is 0 Å². The average molecular weight is 180 g/mol. The van der Waals surface area contributed by atoms with E-state index in [-0.39, 0.29) is 0 Å². The van der Waals surface area contributed by atoms with Crippen molar-refractivity contribution in [2.45, 2.75) is 6.61 Å². The van der Waals surface area contributed by atoms with Crippen molar-refractivity contribution in [3.63, 3.8) is 0 Å². The van der Waals surface area contributed by atoms with Crippen LogP contribution in [0.4, 0.5) is 5.82 Å². The topological polar surface area (TPSA) is 43.4 Å². The van der Waals surface area contributed by atoms with Gasteiger partial charge in [-0.1, -0.05) is 0 Å². The van der Waals surface area contributed by atoms with Crippen molar-refractivity contribution >= 4 is 5.82 Å². The van der Waals surface area contributed by atoms with Gasteiger partial charge in [0.05, 0.1) is 20.3 Å². The second kappa shape index (κ2) is 3.62. The lowest BCUT2D eigenvalue weighted by atomic mass is 10.2. The summed E-state index contributed by atoms with van der Waals surface area (Å²) < 4.78 is 10.4. The minimum absolute atomic E-state index is 0.624. The van der Waals surface area contributed by atoms with Gasteiger partial charge in [0.2, 0.25) is 5.88 Å². The second-order valence-corrected chi connectivity index (χ2v) is 2.84. The zero-order valence-corrected chi connectivity index (χ0v) is 7.54. The number of hydrogen-bond acceptors (Lipinski definition) is 4. The molecule has 4 heteroatoms. The molecule has 70 valence electrons. The first-order valence-corrected chi connectivity index (χ1v) is 4.25. The molecule has 13 heavy (non-hydrogen) atoms. The van der Waals surface area contributed by atoms with Gasteiger partial charge in [-0.25, -0.2) is 0 Å². The van der Waals surface area contributed by atoms with Crippen LogP contribution in [-0.4, -0.2) is 25.2 Å². The first-order valence-electron chi connectivity index (χ1n) is 4.25. The van der Waals surface area contributed by atoms with E-state index < -0.39 is 0 Å². The Bertz CT molecular complexity index is 302. The van der Waals surface area contributed by atoms with Crippen LogP contribution in [0.1, 0.15) is 5.56 Å². The highest BCUT2D eigenvalue weighted by Crippen LogP contribution is 2.19. The van der Waals surface area contributed by atoms with E-state index in [0.29, 0.717) is 12.5 Å². The normalized spacial score (nSPS) is 15.5. The molecule has 1 aliphatic rings. The summed E-state index contributed by atoms with van der Waals surface area (Å²) in [4.78, 5) is 4.28. The van der Waals surface area contributed by atoms with Crippen molar-refractivity contribution in [2.24, 2.45) is 0 Å². The number of rotatable bonds is 1. The van der Waals surface area contributed by atoms with Gasteiger partial charge in [0.25, 0.3) is 0 Å². The molecule has 2 rings (SSSR count). The number of pyridine rings is 1. The van der Waals surface area contributed by atoms with E-state index in [0.717, 1.165) is 24.5 Å². The van der Waals surface area contributed by atoms with Crippen LogP contribution >= 0.6 is 0 Å². The highest BCUT2D eigenvalue weighted by Gasteiger charge is 2.09. The fourth-order valence-corrected chi connectivity index (χ4v) is 1.28. The smallest absolute Gasteiger partial charge is 0.214 e. The first-order chi connectivity index (χ1) is 6.40. The van der Waals surface area contributed by atoms with Crippen LogP contribution in [0.15, 0.2) is 12.1 Å². The molecule has 0 unspecified atom stereocenters. The molecule has 0 fully saturated rings. The number of fused-ring (bicyclic) bond motifs is 1. The Balaban J connectivity index is 2.32. The summed E-state index contributed by atoms with van der Waals surface area (Å²) in [7, 11) is 1.61. The molecule has 4 nitrogen and oxygen atoms in total. The SMILES string of the molecule is COc1ccc2c(n1)NCCOC2. The minimum Gasteiger partial charge on any atom is -0.481 e. The Kier molecular flexibility index (Phi) is 2.31. The van der Waals surface area contributed by atoms with Crippen molar-refractivity contribution in [2.75, 3.05) is 25.6 Å². The fraction of sp³-hybridized carbons (Fsp3) is 0.444. The number of nitrogens with zero attached hydrogens (tertiary/aromatic N) is 1. The first kappa shape index (κ1) is 8.31. The third-order valence-electron chi connectivity index (χ3n) is 1.96. The lowest BCUT2D eigenvalue weighted by molar-refractivity contribution is 0.134. The largest absolute Gasteiger partial charge is 0.481 e. The molecule has 0 saturated carbocycles. The molecule has 0 bridgehead atoms. The monoisotopic (exact) mass is 180 g/mol. The third kappa shape index (κ3) is 1.72. The Morgan fingerprint density at radius 2 is 2.46 bits per heavy atom. The molecule has 0 amide bonds. The maximum atomic E-state index is 5.35. The van der Waals surface area contributed by atoms with Crippen molar-refractivity contribution in [1.82, 2.24) is 4.98 Å². The number of hydrogen-bond donors (Lipinski definition) is 1. The van der Waals surface area contributed by atoms with Gasteiger partial charge in [-0.2, -0.15) is 4.98 Å². The van der Waals surface area contributed by atoms with Crippen LogP contribution in [0.3, 0.4) is 0 Å². The van der Waals surface area contributed by atoms with Gasteiger partial charge in [-0.15, -0.1) is 0 Å². The molecule has 0 radical (unpaired) electrons. The van der Waals surface area contributed by atoms with E-state index in [1.54, 1.807) is 7.11 Å². The number of aromatic nitrogens is 1. The molecule has 0 atom stereocenters. The number of nitrogens with one attached hydrogen (secondary N) is 1. The maximum Gasteiger partial charge on any atom is 0.214 e. The van der Waals surface area contributed by atoms with Crippen LogP contribution in [-0.2, 0) is 11.3 Å². The van der Waals surface area contributed by atoms with Gasteiger partial charge in [-0.05, 0) is 6.07 Å². The molecule has 2 heterocycles. The molecule has 1 aromatic heterocycles. The zero-order valence-electron chi connectivity index (χ0n) is 7.54. The third-order valence-corrected chi connectivity index (χ3v) is 1.96. The summed E-state index contributed by atoms with van der Waals surface area (Å²) in [6.07, 6.45) is 0. The Morgan fingerprint density at radius 3 is 3.31 bits per heavy atom. The Labute approximate surface area is 76.9 Å². The molecular formula is C9H12N2O2. The quantitative estimate of drug-likeness (QED) is 0.701. The number of anilines is 1. The summed E-state index contributed by atoms with van der Waals surface area (Å²) in [6, 6.07) is 3.81. The highest BCUT2D eigenvalue weighted by atomic mass is 16.5. The average Bonchev–Trinajstić information content (AvgIpc) is 2.41. The van der Waals surface area contributed by atoms with E-state index >= 15 is 0 Å². The van der Waals surface area contributed by atoms with Gasteiger partial charge in [0.1, 0.15) is 5.82 Å². The van der Waals surface area contributed by atoms with Crippen molar-refractivity contribution in [3.05, 3.63) is 17.7 Å². The summed E-state index contributed by atoms with van der Waals surface area (Å²) >= 11 is 0. The predicted octanol–water partition coefficient (Wildman–Crippen LogP) is 1.03. The summed E-state index contributed by atoms with van der Waals surface area (Å²) in [5, 5.41) is 3.18. The molecular weight excluding hydrogens is 168 g/mol. The molecule has 1 aliphatic heterocycles. The second-order valence-electron chi connectivity index (χ2n) is 2.84. The van der Waals surface area contributed by atoms with Crippen molar-refractivity contribution in [3.8, 4) is 5.88 Å². The standard InChI is InChI=1S/C9H12N2O2/c1-12-8-3-2-7-6-13-5-4-10-9(7)11-8/h2-3H,4-6H2,1H3,(H,10,11). The highest BCUT2D eigenvalue weighted by molar-refractivity contribution is 5.46. The van der Waals surface area contributed by atoms with Crippen molar-refractivity contribution in [1.29, 1.82) is 0 Å². The number of methoxy groups -OCH3 is 1.